The van der Waals surface area contributed by atoms with Gasteiger partial charge < -0.3 is 14.5 Å². The van der Waals surface area contributed by atoms with E-state index in [1.165, 1.54) is 11.8 Å². The van der Waals surface area contributed by atoms with Gasteiger partial charge in [-0.25, -0.2) is 0 Å². The van der Waals surface area contributed by atoms with Crippen LogP contribution in [0.25, 0.3) is 11.4 Å². The van der Waals surface area contributed by atoms with Crippen LogP contribution in [-0.2, 0) is 17.9 Å². The number of rotatable bonds is 9. The highest BCUT2D eigenvalue weighted by atomic mass is 32.2. The van der Waals surface area contributed by atoms with Crippen LogP contribution in [0.15, 0.2) is 82.6 Å². The van der Waals surface area contributed by atoms with Crippen molar-refractivity contribution in [3.8, 4) is 17.1 Å². The molecule has 0 aliphatic carbocycles. The van der Waals surface area contributed by atoms with Gasteiger partial charge in [0.1, 0.15) is 11.5 Å². The fourth-order valence-electron chi connectivity index (χ4n) is 3.03. The van der Waals surface area contributed by atoms with Gasteiger partial charge >= 0.3 is 0 Å². The molecule has 0 radical (unpaired) electrons. The molecule has 0 bridgehead atoms. The number of carbonyl (C=O) groups excluding carboxylic acids is 1. The Bertz CT molecular complexity index is 1110. The molecule has 0 spiro atoms. The summed E-state index contributed by atoms with van der Waals surface area (Å²) >= 11 is 1.35. The lowest BCUT2D eigenvalue weighted by atomic mass is 10.2. The topological polar surface area (TPSA) is 82.2 Å². The van der Waals surface area contributed by atoms with Gasteiger partial charge in [0.25, 0.3) is 0 Å². The maximum Gasteiger partial charge on any atom is 0.230 e. The van der Waals surface area contributed by atoms with Crippen LogP contribution < -0.4 is 10.1 Å². The number of hydrogen-bond acceptors (Lipinski definition) is 6. The van der Waals surface area contributed by atoms with Crippen molar-refractivity contribution >= 4 is 17.7 Å². The van der Waals surface area contributed by atoms with Gasteiger partial charge in [-0.05, 0) is 42.0 Å². The Morgan fingerprint density at radius 2 is 1.87 bits per heavy atom. The van der Waals surface area contributed by atoms with Gasteiger partial charge in [-0.1, -0.05) is 42.1 Å². The zero-order valence-corrected chi connectivity index (χ0v) is 17.8. The molecule has 0 saturated carbocycles. The smallest absolute Gasteiger partial charge is 0.230 e. The fraction of sp³-hybridized carbons (Fsp3) is 0.174. The van der Waals surface area contributed by atoms with Crippen molar-refractivity contribution in [2.75, 3.05) is 12.9 Å². The molecule has 0 aliphatic rings. The predicted octanol–water partition coefficient (Wildman–Crippen LogP) is 4.00. The van der Waals surface area contributed by atoms with E-state index in [1.54, 1.807) is 13.4 Å². The first-order valence-corrected chi connectivity index (χ1v) is 10.7. The summed E-state index contributed by atoms with van der Waals surface area (Å²) in [4.78, 5) is 12.3. The number of hydrogen-bond donors (Lipinski definition) is 1. The third-order valence-electron chi connectivity index (χ3n) is 4.62. The van der Waals surface area contributed by atoms with Crippen molar-refractivity contribution in [2.24, 2.45) is 0 Å². The van der Waals surface area contributed by atoms with E-state index in [-0.39, 0.29) is 11.7 Å². The molecule has 2 heterocycles. The molecule has 158 valence electrons. The van der Waals surface area contributed by atoms with Gasteiger partial charge in [0.15, 0.2) is 11.0 Å². The number of carbonyl (C=O) groups is 1. The fourth-order valence-corrected chi connectivity index (χ4v) is 3.80. The van der Waals surface area contributed by atoms with Gasteiger partial charge in [-0.2, -0.15) is 0 Å². The van der Waals surface area contributed by atoms with Gasteiger partial charge in [0.05, 0.1) is 25.7 Å². The average Bonchev–Trinajstić information content (AvgIpc) is 3.47. The highest BCUT2D eigenvalue weighted by Gasteiger charge is 2.17. The highest BCUT2D eigenvalue weighted by molar-refractivity contribution is 7.99. The molecule has 2 aromatic carbocycles. The van der Waals surface area contributed by atoms with Crippen LogP contribution in [0.1, 0.15) is 11.3 Å². The van der Waals surface area contributed by atoms with Gasteiger partial charge in [-0.3, -0.25) is 9.36 Å². The number of ether oxygens (including phenoxy) is 1. The number of thioether (sulfide) groups is 1. The largest absolute Gasteiger partial charge is 0.497 e. The van der Waals surface area contributed by atoms with Gasteiger partial charge in [-0.15, -0.1) is 10.2 Å². The molecule has 0 fully saturated rings. The van der Waals surface area contributed by atoms with E-state index in [4.69, 9.17) is 9.15 Å². The Balaban J connectivity index is 1.48. The number of benzene rings is 2. The lowest BCUT2D eigenvalue weighted by molar-refractivity contribution is -0.118. The van der Waals surface area contributed by atoms with E-state index in [1.807, 2.05) is 71.3 Å². The molecule has 7 nitrogen and oxygen atoms in total. The van der Waals surface area contributed by atoms with Crippen LogP contribution >= 0.6 is 11.8 Å². The molecule has 4 rings (SSSR count). The molecule has 8 heteroatoms. The molecular weight excluding hydrogens is 412 g/mol. The standard InChI is InChI=1S/C23H22N4O3S/c1-29-19-11-9-18(10-12-19)22-25-26-23(27(22)15-20-8-5-13-30-20)31-16-21(28)24-14-17-6-3-2-4-7-17/h2-13H,14-16H2,1H3,(H,24,28). The van der Waals surface area contributed by atoms with Crippen LogP contribution in [-0.4, -0.2) is 33.5 Å². The predicted molar refractivity (Wildman–Crippen MR) is 119 cm³/mol. The van der Waals surface area contributed by atoms with Crippen molar-refractivity contribution in [1.82, 2.24) is 20.1 Å². The zero-order valence-electron chi connectivity index (χ0n) is 17.0. The van der Waals surface area contributed by atoms with Crippen LogP contribution in [0.2, 0.25) is 0 Å². The van der Waals surface area contributed by atoms with E-state index >= 15 is 0 Å². The van der Waals surface area contributed by atoms with Crippen molar-refractivity contribution in [3.05, 3.63) is 84.3 Å². The van der Waals surface area contributed by atoms with Crippen molar-refractivity contribution in [1.29, 1.82) is 0 Å². The monoisotopic (exact) mass is 434 g/mol. The maximum atomic E-state index is 12.3. The molecule has 0 atom stereocenters. The molecular formula is C23H22N4O3S. The molecule has 2 aromatic heterocycles. The Morgan fingerprint density at radius 1 is 1.06 bits per heavy atom. The summed E-state index contributed by atoms with van der Waals surface area (Å²) < 4.78 is 12.7. The molecule has 1 amide bonds. The summed E-state index contributed by atoms with van der Waals surface area (Å²) in [5.41, 5.74) is 1.96. The Hall–Kier alpha value is -3.52. The van der Waals surface area contributed by atoms with Gasteiger partial charge in [0, 0.05) is 12.1 Å². The average molecular weight is 435 g/mol. The van der Waals surface area contributed by atoms with Crippen LogP contribution in [0.4, 0.5) is 0 Å². The van der Waals surface area contributed by atoms with Crippen molar-refractivity contribution in [3.63, 3.8) is 0 Å². The van der Waals surface area contributed by atoms with Crippen LogP contribution in [0.5, 0.6) is 5.75 Å². The van der Waals surface area contributed by atoms with E-state index in [0.717, 1.165) is 22.6 Å². The first kappa shape index (κ1) is 20.7. The number of amides is 1. The normalized spacial score (nSPS) is 10.7. The molecule has 1 N–H and O–H groups in total. The summed E-state index contributed by atoms with van der Waals surface area (Å²) in [5, 5.41) is 12.3. The summed E-state index contributed by atoms with van der Waals surface area (Å²) in [7, 11) is 1.63. The number of aromatic nitrogens is 3. The molecule has 31 heavy (non-hydrogen) atoms. The van der Waals surface area contributed by atoms with E-state index in [2.05, 4.69) is 15.5 Å². The van der Waals surface area contributed by atoms with Crippen molar-refractivity contribution < 1.29 is 13.9 Å². The minimum atomic E-state index is -0.0626. The summed E-state index contributed by atoms with van der Waals surface area (Å²) in [6.45, 7) is 0.964. The lowest BCUT2D eigenvalue weighted by Gasteiger charge is -2.10. The Morgan fingerprint density at radius 3 is 2.58 bits per heavy atom. The van der Waals surface area contributed by atoms with Crippen LogP contribution in [0.3, 0.4) is 0 Å². The van der Waals surface area contributed by atoms with E-state index in [9.17, 15) is 4.79 Å². The number of methoxy groups -OCH3 is 1. The van der Waals surface area contributed by atoms with Crippen LogP contribution in [0, 0.1) is 0 Å². The van der Waals surface area contributed by atoms with Gasteiger partial charge in [0.2, 0.25) is 5.91 Å². The van der Waals surface area contributed by atoms with Crippen molar-refractivity contribution in [2.45, 2.75) is 18.2 Å². The first-order valence-electron chi connectivity index (χ1n) is 9.76. The highest BCUT2D eigenvalue weighted by Crippen LogP contribution is 2.26. The minimum absolute atomic E-state index is 0.0626. The molecule has 0 unspecified atom stereocenters. The second-order valence-corrected chi connectivity index (χ2v) is 7.69. The van der Waals surface area contributed by atoms with E-state index < -0.39 is 0 Å². The molecule has 0 saturated heterocycles. The lowest BCUT2D eigenvalue weighted by Crippen LogP contribution is -2.24. The summed E-state index contributed by atoms with van der Waals surface area (Å²) in [6.07, 6.45) is 1.64. The summed E-state index contributed by atoms with van der Waals surface area (Å²) in [5.74, 6) is 2.43. The second-order valence-electron chi connectivity index (χ2n) is 6.75. The SMILES string of the molecule is COc1ccc(-c2nnc(SCC(=O)NCc3ccccc3)n2Cc2ccco2)cc1. The molecule has 4 aromatic rings. The second kappa shape index (κ2) is 9.99. The third kappa shape index (κ3) is 5.35. The third-order valence-corrected chi connectivity index (χ3v) is 5.59. The quantitative estimate of drug-likeness (QED) is 0.401. The Labute approximate surface area is 184 Å². The van der Waals surface area contributed by atoms with E-state index in [0.29, 0.717) is 24.1 Å². The number of furan rings is 1. The zero-order chi connectivity index (χ0) is 21.5. The number of nitrogens with one attached hydrogen (secondary N) is 1. The first-order chi connectivity index (χ1) is 15.2. The molecule has 0 aliphatic heterocycles. The summed E-state index contributed by atoms with van der Waals surface area (Å²) in [6, 6.07) is 21.2. The maximum absolute atomic E-state index is 12.3. The number of nitrogens with zero attached hydrogens (tertiary/aromatic N) is 3. The Kier molecular flexibility index (Phi) is 6.68. The minimum Gasteiger partial charge on any atom is -0.497 e.